The molecule has 0 aromatic heterocycles. The number of hydrogen-bond acceptors (Lipinski definition) is 7. The molecule has 2 aromatic carbocycles. The lowest BCUT2D eigenvalue weighted by Gasteiger charge is -2.14. The molecule has 0 saturated heterocycles. The van der Waals surface area contributed by atoms with Gasteiger partial charge in [-0.1, -0.05) is 30.3 Å². The summed E-state index contributed by atoms with van der Waals surface area (Å²) < 4.78 is 0. The van der Waals surface area contributed by atoms with Gasteiger partial charge in [0.05, 0.1) is 10.5 Å². The Morgan fingerprint density at radius 1 is 0.926 bits per heavy atom. The molecule has 0 spiro atoms. The molecule has 0 heterocycles. The average Bonchev–Trinajstić information content (AvgIpc) is 2.61. The summed E-state index contributed by atoms with van der Waals surface area (Å²) in [6.07, 6.45) is 0. The number of benzene rings is 2. The van der Waals surface area contributed by atoms with Crippen LogP contribution < -0.4 is 0 Å². The molecule has 0 saturated carbocycles. The van der Waals surface area contributed by atoms with Gasteiger partial charge in [0.25, 0.3) is 5.69 Å². The molecule has 27 heavy (non-hydrogen) atoms. The predicted octanol–water partition coefficient (Wildman–Crippen LogP) is 4.04. The van der Waals surface area contributed by atoms with Crippen LogP contribution in [0.1, 0.15) is 43.6 Å². The molecule has 0 unspecified atom stereocenters. The molecule has 0 radical (unpaired) electrons. The summed E-state index contributed by atoms with van der Waals surface area (Å²) in [5.41, 5.74) is 0.535. The minimum absolute atomic E-state index is 0.0189. The maximum absolute atomic E-state index is 12.0. The molecule has 144 valence electrons. The Hall–Kier alpha value is -3.10. The van der Waals surface area contributed by atoms with E-state index >= 15 is 0 Å². The smallest absolute Gasteiger partial charge is 0.289 e. The molecule has 0 fully saturated rings. The number of hydrogen-bond donors (Lipinski definition) is 0. The van der Waals surface area contributed by atoms with Gasteiger partial charge in [-0.05, 0) is 37.9 Å². The van der Waals surface area contributed by atoms with Gasteiger partial charge in [0, 0.05) is 30.2 Å². The number of nitrogens with zero attached hydrogens (tertiary/aromatic N) is 1. The van der Waals surface area contributed by atoms with Crippen LogP contribution in [0.15, 0.2) is 54.6 Å². The Morgan fingerprint density at radius 2 is 1.44 bits per heavy atom. The molecule has 2 aromatic rings. The first kappa shape index (κ1) is 21.9. The third kappa shape index (κ3) is 8.70. The highest BCUT2D eigenvalue weighted by atomic mass is 17.5. The van der Waals surface area contributed by atoms with Gasteiger partial charge in [-0.15, -0.1) is 0 Å². The largest absolute Gasteiger partial charge is 0.342 e. The fraction of sp³-hybridized carbons (Fsp3) is 0.263. The molecule has 0 aliphatic heterocycles. The van der Waals surface area contributed by atoms with E-state index in [1.807, 2.05) is 6.07 Å². The van der Waals surface area contributed by atoms with Gasteiger partial charge in [0.1, 0.15) is 0 Å². The summed E-state index contributed by atoms with van der Waals surface area (Å²) in [5, 5.41) is 14.6. The predicted molar refractivity (Wildman–Crippen MR) is 96.7 cm³/mol. The van der Waals surface area contributed by atoms with E-state index in [-0.39, 0.29) is 11.5 Å². The molecule has 8 nitrogen and oxygen atoms in total. The van der Waals surface area contributed by atoms with Gasteiger partial charge < -0.3 is 0 Å². The van der Waals surface area contributed by atoms with E-state index in [0.29, 0.717) is 11.1 Å². The number of carbonyl (C=O) groups excluding carboxylic acids is 2. The fourth-order valence-corrected chi connectivity index (χ4v) is 1.66. The van der Waals surface area contributed by atoms with Crippen molar-refractivity contribution in [2.45, 2.75) is 33.3 Å². The maximum Gasteiger partial charge on any atom is 0.342 e. The maximum atomic E-state index is 12.0. The Kier molecular flexibility index (Phi) is 8.25. The van der Waals surface area contributed by atoms with Crippen LogP contribution in [-0.4, -0.2) is 22.3 Å². The zero-order valence-corrected chi connectivity index (χ0v) is 15.5. The molecule has 2 rings (SSSR count). The van der Waals surface area contributed by atoms with E-state index < -0.39 is 16.5 Å². The Labute approximate surface area is 156 Å². The minimum Gasteiger partial charge on any atom is -0.289 e. The number of nitro benzene ring substituents is 1. The zero-order chi connectivity index (χ0) is 20.4. The van der Waals surface area contributed by atoms with E-state index in [1.165, 1.54) is 31.2 Å². The first-order chi connectivity index (χ1) is 12.6. The summed E-state index contributed by atoms with van der Waals surface area (Å²) in [7, 11) is 0. The third-order valence-electron chi connectivity index (χ3n) is 2.81. The van der Waals surface area contributed by atoms with Crippen molar-refractivity contribution in [3.05, 3.63) is 75.8 Å². The van der Waals surface area contributed by atoms with Crippen molar-refractivity contribution in [2.75, 3.05) is 0 Å². The summed E-state index contributed by atoms with van der Waals surface area (Å²) in [5.74, 6) is -0.676. The quantitative estimate of drug-likeness (QED) is 0.336. The van der Waals surface area contributed by atoms with Crippen LogP contribution >= 0.6 is 0 Å². The second-order valence-corrected chi connectivity index (χ2v) is 6.34. The molecular weight excluding hydrogens is 354 g/mol. The van der Waals surface area contributed by atoms with E-state index in [0.717, 1.165) is 0 Å². The van der Waals surface area contributed by atoms with E-state index in [4.69, 9.17) is 0 Å². The van der Waals surface area contributed by atoms with Gasteiger partial charge in [0.15, 0.2) is 5.78 Å². The Balaban J connectivity index is 0.000000314. The highest BCUT2D eigenvalue weighted by Gasteiger charge is 2.12. The van der Waals surface area contributed by atoms with Crippen LogP contribution in [0.2, 0.25) is 0 Å². The molecule has 0 aliphatic carbocycles. The van der Waals surface area contributed by atoms with E-state index in [2.05, 4.69) is 14.8 Å². The molecule has 0 N–H and O–H groups in total. The van der Waals surface area contributed by atoms with Gasteiger partial charge in [-0.3, -0.25) is 19.8 Å². The van der Waals surface area contributed by atoms with Gasteiger partial charge in [-0.25, -0.2) is 4.79 Å². The summed E-state index contributed by atoms with van der Waals surface area (Å²) in [4.78, 5) is 40.7. The zero-order valence-electron chi connectivity index (χ0n) is 15.5. The average molecular weight is 375 g/mol. The molecular formula is C19H21NO7. The first-order valence-corrected chi connectivity index (χ1v) is 7.97. The van der Waals surface area contributed by atoms with Crippen molar-refractivity contribution in [1.82, 2.24) is 0 Å². The number of non-ortho nitro benzene ring substituents is 1. The number of rotatable bonds is 5. The lowest BCUT2D eigenvalue weighted by Crippen LogP contribution is -2.20. The second kappa shape index (κ2) is 10.1. The van der Waals surface area contributed by atoms with Gasteiger partial charge in [-0.2, -0.15) is 4.89 Å². The molecule has 8 heteroatoms. The van der Waals surface area contributed by atoms with Crippen LogP contribution in [-0.2, 0) is 19.6 Å². The monoisotopic (exact) mass is 375 g/mol. The normalized spacial score (nSPS) is 10.4. The van der Waals surface area contributed by atoms with Crippen LogP contribution in [0.3, 0.4) is 0 Å². The van der Waals surface area contributed by atoms with Crippen molar-refractivity contribution in [2.24, 2.45) is 0 Å². The van der Waals surface area contributed by atoms with Gasteiger partial charge in [0.2, 0.25) is 0 Å². The number of carbonyl (C=O) groups is 2. The van der Waals surface area contributed by atoms with E-state index in [1.54, 1.807) is 45.0 Å². The van der Waals surface area contributed by atoms with Crippen LogP contribution in [0.25, 0.3) is 0 Å². The summed E-state index contributed by atoms with van der Waals surface area (Å²) in [6.45, 7) is 6.55. The van der Waals surface area contributed by atoms with Crippen molar-refractivity contribution in [3.8, 4) is 0 Å². The van der Waals surface area contributed by atoms with Crippen LogP contribution in [0, 0.1) is 10.1 Å². The molecule has 0 aliphatic rings. The number of ketones is 1. The summed E-state index contributed by atoms with van der Waals surface area (Å²) >= 11 is 0. The Morgan fingerprint density at radius 3 is 1.89 bits per heavy atom. The van der Waals surface area contributed by atoms with Gasteiger partial charge >= 0.3 is 5.97 Å². The summed E-state index contributed by atoms with van der Waals surface area (Å²) in [6, 6.07) is 14.4. The van der Waals surface area contributed by atoms with Crippen LogP contribution in [0.4, 0.5) is 5.69 Å². The lowest BCUT2D eigenvalue weighted by atomic mass is 10.0. The topological polar surface area (TPSA) is 105 Å². The highest BCUT2D eigenvalue weighted by molar-refractivity contribution is 6.09. The highest BCUT2D eigenvalue weighted by Crippen LogP contribution is 2.15. The van der Waals surface area contributed by atoms with Crippen molar-refractivity contribution >= 4 is 17.4 Å². The van der Waals surface area contributed by atoms with Crippen molar-refractivity contribution in [3.63, 3.8) is 0 Å². The van der Waals surface area contributed by atoms with Crippen LogP contribution in [0.5, 0.6) is 0 Å². The standard InChI is InChI=1S/C13H9NO3.C6H12O4/c15-13(10-4-2-1-3-5-10)11-6-8-12(9-7-11)14(16)17;1-5(7)8-10-9-6(2,3)4/h1-9H;1-4H3. The lowest BCUT2D eigenvalue weighted by molar-refractivity contribution is -0.514. The molecule has 0 amide bonds. The number of nitro groups is 1. The molecule has 0 bridgehead atoms. The van der Waals surface area contributed by atoms with Crippen molar-refractivity contribution < 1.29 is 29.3 Å². The van der Waals surface area contributed by atoms with E-state index in [9.17, 15) is 19.7 Å². The first-order valence-electron chi connectivity index (χ1n) is 7.97. The minimum atomic E-state index is -0.538. The fourth-order valence-electron chi connectivity index (χ4n) is 1.66. The third-order valence-corrected chi connectivity index (χ3v) is 2.81. The van der Waals surface area contributed by atoms with Crippen molar-refractivity contribution in [1.29, 1.82) is 0 Å². The molecule has 0 atom stereocenters. The second-order valence-electron chi connectivity index (χ2n) is 6.34. The SMILES string of the molecule is CC(=O)OOOC(C)(C)C.O=C(c1ccccc1)c1ccc([N+](=O)[O-])cc1. The Bertz CT molecular complexity index is 765.